The first kappa shape index (κ1) is 14.1. The number of hydrogen-bond acceptors (Lipinski definition) is 2. The third-order valence-electron chi connectivity index (χ3n) is 4.90. The minimum atomic E-state index is -0.461. The number of halogens is 2. The second kappa shape index (κ2) is 7.38. The highest BCUT2D eigenvalue weighted by Gasteiger charge is 2.20. The number of fused-ring (bicyclic) bond motifs is 3. The summed E-state index contributed by atoms with van der Waals surface area (Å²) in [7, 11) is 0. The molecule has 0 aliphatic carbocycles. The van der Waals surface area contributed by atoms with Gasteiger partial charge in [-0.15, -0.1) is 0 Å². The van der Waals surface area contributed by atoms with Crippen molar-refractivity contribution < 1.29 is 11.8 Å². The first-order valence-corrected chi connectivity index (χ1v) is 10.4. The van der Waals surface area contributed by atoms with Crippen LogP contribution in [0.15, 0.2) is 93.8 Å². The fraction of sp³-hybridized carbons (Fsp3) is 0. The van der Waals surface area contributed by atoms with E-state index >= 15 is 0 Å². The van der Waals surface area contributed by atoms with Crippen LogP contribution in [0.4, 0.5) is 5.69 Å². The van der Waals surface area contributed by atoms with Gasteiger partial charge in [0.05, 0.1) is 28.5 Å². The highest BCUT2D eigenvalue weighted by Crippen LogP contribution is 2.40. The van der Waals surface area contributed by atoms with Crippen LogP contribution < -0.4 is 0 Å². The fourth-order valence-corrected chi connectivity index (χ4v) is 5.15. The van der Waals surface area contributed by atoms with Crippen molar-refractivity contribution >= 4 is 59.4 Å². The molecule has 0 amide bonds. The summed E-state index contributed by atoms with van der Waals surface area (Å²) in [5.41, 5.74) is 2.88. The number of nitrogens with zero attached hydrogens (tertiary/aromatic N) is 2. The number of nitro benzene ring substituents is 1. The first-order chi connectivity index (χ1) is 16.6. The standard InChI is InChI=1S/C24H14Br2N2O2/c25-20-13-17(28(29)30)14-21(26)24(20)27-22-9-5-4-8-18(22)19-12-16(10-11-23(19)27)15-6-2-1-3-7-15/h1-14H/i1D,2D,3D,6D,7D. The Morgan fingerprint density at radius 2 is 1.50 bits per heavy atom. The lowest BCUT2D eigenvalue weighted by Crippen LogP contribution is -1.98. The SMILES string of the molecule is [2H]c1c([2H])c([2H])c(-c2ccc3c(c2)c2ccccc2n3-c2c(Br)cc([N+](=O)[O-])cc2Br)c([2H])c1[2H]. The Hall–Kier alpha value is -2.96. The van der Waals surface area contributed by atoms with Gasteiger partial charge in [0.15, 0.2) is 0 Å². The van der Waals surface area contributed by atoms with Crippen LogP contribution >= 0.6 is 31.9 Å². The maximum absolute atomic E-state index is 11.3. The molecule has 4 nitrogen and oxygen atoms in total. The predicted molar refractivity (Wildman–Crippen MR) is 128 cm³/mol. The van der Waals surface area contributed by atoms with Crippen molar-refractivity contribution in [3.8, 4) is 16.8 Å². The van der Waals surface area contributed by atoms with E-state index in [0.29, 0.717) is 20.2 Å². The van der Waals surface area contributed by atoms with Crippen molar-refractivity contribution in [3.63, 3.8) is 0 Å². The zero-order valence-corrected chi connectivity index (χ0v) is 18.3. The molecule has 146 valence electrons. The number of benzene rings is 4. The summed E-state index contributed by atoms with van der Waals surface area (Å²) < 4.78 is 43.6. The smallest absolute Gasteiger partial charge is 0.271 e. The van der Waals surface area contributed by atoms with Crippen molar-refractivity contribution in [2.24, 2.45) is 0 Å². The third kappa shape index (κ3) is 3.04. The average molecular weight is 527 g/mol. The van der Waals surface area contributed by atoms with Crippen LogP contribution in [0.25, 0.3) is 38.6 Å². The maximum atomic E-state index is 11.3. The zero-order chi connectivity index (χ0) is 25.2. The highest BCUT2D eigenvalue weighted by molar-refractivity contribution is 9.11. The molecule has 1 heterocycles. The Bertz CT molecular complexity index is 1670. The average Bonchev–Trinajstić information content (AvgIpc) is 3.15. The second-order valence-electron chi connectivity index (χ2n) is 6.60. The molecule has 0 N–H and O–H groups in total. The Balaban J connectivity index is 1.85. The minimum absolute atomic E-state index is 0.0586. The predicted octanol–water partition coefficient (Wildman–Crippen LogP) is 7.88. The van der Waals surface area contributed by atoms with Crippen molar-refractivity contribution in [2.75, 3.05) is 0 Å². The van der Waals surface area contributed by atoms with Gasteiger partial charge in [-0.2, -0.15) is 0 Å². The van der Waals surface area contributed by atoms with Crippen molar-refractivity contribution in [1.82, 2.24) is 4.57 Å². The number of non-ortho nitro benzene ring substituents is 1. The van der Waals surface area contributed by atoms with E-state index in [4.69, 9.17) is 6.85 Å². The van der Waals surface area contributed by atoms with Gasteiger partial charge in [0.2, 0.25) is 0 Å². The zero-order valence-electron chi connectivity index (χ0n) is 20.2. The van der Waals surface area contributed by atoms with Gasteiger partial charge < -0.3 is 4.57 Å². The minimum Gasteiger partial charge on any atom is -0.307 e. The van der Waals surface area contributed by atoms with Crippen molar-refractivity contribution in [3.05, 3.63) is 104 Å². The molecule has 0 fully saturated rings. The van der Waals surface area contributed by atoms with Gasteiger partial charge in [-0.25, -0.2) is 0 Å². The van der Waals surface area contributed by atoms with Crippen LogP contribution in [0, 0.1) is 10.1 Å². The number of hydrogen-bond donors (Lipinski definition) is 0. The molecular weight excluding hydrogens is 508 g/mol. The van der Waals surface area contributed by atoms with Crippen molar-refractivity contribution in [2.45, 2.75) is 0 Å². The molecule has 0 bridgehead atoms. The number of aromatic nitrogens is 1. The van der Waals surface area contributed by atoms with E-state index in [1.165, 1.54) is 12.1 Å². The van der Waals surface area contributed by atoms with Crippen LogP contribution in [0.2, 0.25) is 0 Å². The molecule has 5 rings (SSSR count). The Kier molecular flexibility index (Phi) is 3.47. The van der Waals surface area contributed by atoms with Crippen LogP contribution in [-0.2, 0) is 0 Å². The molecule has 0 saturated carbocycles. The lowest BCUT2D eigenvalue weighted by Gasteiger charge is -2.13. The summed E-state index contributed by atoms with van der Waals surface area (Å²) >= 11 is 6.98. The molecule has 6 heteroatoms. The molecule has 30 heavy (non-hydrogen) atoms. The summed E-state index contributed by atoms with van der Waals surface area (Å²) in [4.78, 5) is 10.9. The van der Waals surface area contributed by atoms with E-state index in [0.717, 1.165) is 21.8 Å². The van der Waals surface area contributed by atoms with Gasteiger partial charge in [-0.05, 0) is 61.2 Å². The van der Waals surface area contributed by atoms with Gasteiger partial charge in [0, 0.05) is 31.9 Å². The molecule has 0 aliphatic rings. The molecule has 0 atom stereocenters. The van der Waals surface area contributed by atoms with Gasteiger partial charge in [0.25, 0.3) is 5.69 Å². The Morgan fingerprint density at radius 3 is 2.20 bits per heavy atom. The molecule has 0 radical (unpaired) electrons. The maximum Gasteiger partial charge on any atom is 0.271 e. The van der Waals surface area contributed by atoms with Crippen molar-refractivity contribution in [1.29, 1.82) is 0 Å². The molecule has 0 saturated heterocycles. The fourth-order valence-electron chi connectivity index (χ4n) is 3.63. The summed E-state index contributed by atoms with van der Waals surface area (Å²) in [5.74, 6) is 0. The van der Waals surface area contributed by atoms with E-state index in [2.05, 4.69) is 31.9 Å². The number of para-hydroxylation sites is 1. The van der Waals surface area contributed by atoms with Crippen LogP contribution in [0.5, 0.6) is 0 Å². The lowest BCUT2D eigenvalue weighted by atomic mass is 10.0. The monoisotopic (exact) mass is 525 g/mol. The summed E-state index contributed by atoms with van der Waals surface area (Å²) in [6, 6.07) is 14.2. The Labute approximate surface area is 196 Å². The molecule has 0 aliphatic heterocycles. The van der Waals surface area contributed by atoms with E-state index in [-0.39, 0.29) is 35.4 Å². The molecule has 1 aromatic heterocycles. The van der Waals surface area contributed by atoms with Gasteiger partial charge in [-0.3, -0.25) is 10.1 Å². The van der Waals surface area contributed by atoms with Gasteiger partial charge in [0.1, 0.15) is 0 Å². The summed E-state index contributed by atoms with van der Waals surface area (Å²) in [5, 5.41) is 13.0. The van der Waals surface area contributed by atoms with E-state index in [1.807, 2.05) is 41.0 Å². The summed E-state index contributed by atoms with van der Waals surface area (Å²) in [6.45, 7) is 0. The van der Waals surface area contributed by atoms with Crippen LogP contribution in [-0.4, -0.2) is 9.49 Å². The third-order valence-corrected chi connectivity index (χ3v) is 6.11. The lowest BCUT2D eigenvalue weighted by molar-refractivity contribution is -0.385. The largest absolute Gasteiger partial charge is 0.307 e. The van der Waals surface area contributed by atoms with E-state index < -0.39 is 11.0 Å². The number of rotatable bonds is 3. The van der Waals surface area contributed by atoms with E-state index in [1.54, 1.807) is 6.07 Å². The van der Waals surface area contributed by atoms with Crippen LogP contribution in [0.1, 0.15) is 6.85 Å². The molecule has 5 aromatic rings. The molecule has 0 unspecified atom stereocenters. The quantitative estimate of drug-likeness (QED) is 0.177. The summed E-state index contributed by atoms with van der Waals surface area (Å²) in [6.07, 6.45) is 0. The van der Waals surface area contributed by atoms with Crippen LogP contribution in [0.3, 0.4) is 0 Å². The number of nitro groups is 1. The molecule has 0 spiro atoms. The second-order valence-corrected chi connectivity index (χ2v) is 8.31. The van der Waals surface area contributed by atoms with E-state index in [9.17, 15) is 10.1 Å². The first-order valence-electron chi connectivity index (χ1n) is 11.4. The highest BCUT2D eigenvalue weighted by atomic mass is 79.9. The normalized spacial score (nSPS) is 13.6. The van der Waals surface area contributed by atoms with Gasteiger partial charge in [-0.1, -0.05) is 54.5 Å². The van der Waals surface area contributed by atoms with Gasteiger partial charge >= 0.3 is 0 Å². The molecular formula is C24H14Br2N2O2. The Morgan fingerprint density at radius 1 is 0.833 bits per heavy atom. The molecule has 4 aromatic carbocycles. The topological polar surface area (TPSA) is 48.1 Å².